The molecule has 0 aromatic heterocycles. The van der Waals surface area contributed by atoms with E-state index in [0.29, 0.717) is 5.56 Å². The third-order valence-electron chi connectivity index (χ3n) is 0. The molecule has 0 aromatic carbocycles. The molecule has 0 heterocycles. The predicted octanol–water partition coefficient (Wildman–Crippen LogP) is 1.19. The molecule has 2 heteroatoms. The molecule has 0 saturated heterocycles. The standard InChI is InChI=1S/C2H6P.W/c1-3-2;/h1-2H3;/q-1;+2. The van der Waals surface area contributed by atoms with Crippen molar-refractivity contribution in [2.45, 2.75) is 0 Å². The molecule has 0 aliphatic rings. The van der Waals surface area contributed by atoms with Crippen LogP contribution in [0.15, 0.2) is 0 Å². The SMILES string of the molecule is C[P+](C)=[W]. The fraction of sp³-hybridized carbons (Fsp3) is 1.00. The zero-order chi connectivity index (χ0) is 3.58. The van der Waals surface area contributed by atoms with E-state index in [1.165, 1.54) is 0 Å². The van der Waals surface area contributed by atoms with E-state index in [1.54, 1.807) is 18.8 Å². The molecule has 0 radical (unpaired) electrons. The minimum atomic E-state index is 0.463. The Balaban J connectivity index is 2.80. The van der Waals surface area contributed by atoms with E-state index in [-0.39, 0.29) is 0 Å². The second-order valence-electron chi connectivity index (χ2n) is 0.812. The molecule has 0 nitrogen and oxygen atoms in total. The van der Waals surface area contributed by atoms with Crippen LogP contribution >= 0.6 is 5.56 Å². The molecule has 0 spiro atoms. The van der Waals surface area contributed by atoms with E-state index >= 15 is 0 Å². The van der Waals surface area contributed by atoms with Crippen LogP contribution in [0.4, 0.5) is 0 Å². The fourth-order valence-electron chi connectivity index (χ4n) is 0. The van der Waals surface area contributed by atoms with Crippen molar-refractivity contribution < 1.29 is 18.8 Å². The molecule has 0 aliphatic carbocycles. The summed E-state index contributed by atoms with van der Waals surface area (Å²) in [7, 11) is 0. The Morgan fingerprint density at radius 1 is 1.50 bits per heavy atom. The molecule has 4 heavy (non-hydrogen) atoms. The molecule has 0 fully saturated rings. The molecule has 0 rings (SSSR count). The van der Waals surface area contributed by atoms with Gasteiger partial charge in [0.15, 0.2) is 0 Å². The Bertz CT molecular complexity index is 29.0. The van der Waals surface area contributed by atoms with Gasteiger partial charge in [-0.25, -0.2) is 0 Å². The first-order valence-electron chi connectivity index (χ1n) is 1.08. The van der Waals surface area contributed by atoms with E-state index in [9.17, 15) is 0 Å². The molecular weight excluding hydrogens is 239 g/mol. The first-order chi connectivity index (χ1) is 1.73. The van der Waals surface area contributed by atoms with Gasteiger partial charge >= 0.3 is 37.7 Å². The summed E-state index contributed by atoms with van der Waals surface area (Å²) < 4.78 is 0. The van der Waals surface area contributed by atoms with Crippen molar-refractivity contribution in [2.75, 3.05) is 13.3 Å². The van der Waals surface area contributed by atoms with Crippen LogP contribution in [0.25, 0.3) is 0 Å². The Hall–Kier alpha value is 0.988. The molecule has 24 valence electrons. The van der Waals surface area contributed by atoms with Gasteiger partial charge in [0.25, 0.3) is 0 Å². The van der Waals surface area contributed by atoms with Gasteiger partial charge in [0, 0.05) is 0 Å². The molecule has 0 N–H and O–H groups in total. The Morgan fingerprint density at radius 3 is 1.50 bits per heavy atom. The van der Waals surface area contributed by atoms with Crippen LogP contribution in [-0.4, -0.2) is 13.3 Å². The average molecular weight is 245 g/mol. The summed E-state index contributed by atoms with van der Waals surface area (Å²) in [5.74, 6) is 0. The van der Waals surface area contributed by atoms with Crippen LogP contribution in [0.5, 0.6) is 0 Å². The van der Waals surface area contributed by atoms with Crippen molar-refractivity contribution in [2.24, 2.45) is 0 Å². The third kappa shape index (κ3) is 12.1. The third-order valence-corrected chi connectivity index (χ3v) is 0. The van der Waals surface area contributed by atoms with Crippen LogP contribution in [0.3, 0.4) is 0 Å². The second kappa shape index (κ2) is 2.24. The molecule has 0 aliphatic heterocycles. The van der Waals surface area contributed by atoms with Crippen LogP contribution in [0.1, 0.15) is 0 Å². The topological polar surface area (TPSA) is 0 Å². The monoisotopic (exact) mass is 245 g/mol. The van der Waals surface area contributed by atoms with Gasteiger partial charge in [-0.1, -0.05) is 0 Å². The molecule has 0 amide bonds. The molecule has 0 bridgehead atoms. The van der Waals surface area contributed by atoms with Crippen molar-refractivity contribution in [1.82, 2.24) is 0 Å². The van der Waals surface area contributed by atoms with Gasteiger partial charge in [0.1, 0.15) is 0 Å². The van der Waals surface area contributed by atoms with Gasteiger partial charge in [-0.15, -0.1) is 0 Å². The summed E-state index contributed by atoms with van der Waals surface area (Å²) >= 11 is 1.74. The summed E-state index contributed by atoms with van der Waals surface area (Å²) in [6, 6.07) is 0. The van der Waals surface area contributed by atoms with E-state index in [4.69, 9.17) is 0 Å². The van der Waals surface area contributed by atoms with Gasteiger partial charge in [0.05, 0.1) is 0 Å². The minimum absolute atomic E-state index is 0.463. The first-order valence-corrected chi connectivity index (χ1v) is 7.17. The summed E-state index contributed by atoms with van der Waals surface area (Å²) in [6.45, 7) is 4.54. The van der Waals surface area contributed by atoms with E-state index in [2.05, 4.69) is 13.3 Å². The van der Waals surface area contributed by atoms with Crippen molar-refractivity contribution >= 4 is 5.56 Å². The average Bonchev–Trinajstić information content (AvgIpc) is 0.811. The number of hydrogen-bond acceptors (Lipinski definition) is 0. The van der Waals surface area contributed by atoms with E-state index in [1.807, 2.05) is 0 Å². The number of hydrogen-bond donors (Lipinski definition) is 0. The maximum atomic E-state index is 2.27. The van der Waals surface area contributed by atoms with Crippen molar-refractivity contribution in [1.29, 1.82) is 0 Å². The predicted molar refractivity (Wildman–Crippen MR) is 18.8 cm³/mol. The second-order valence-corrected chi connectivity index (χ2v) is 10.3. The summed E-state index contributed by atoms with van der Waals surface area (Å²) in [6.07, 6.45) is 0. The molecule has 0 aromatic rings. The quantitative estimate of drug-likeness (QED) is 0.562. The number of rotatable bonds is 0. The van der Waals surface area contributed by atoms with Gasteiger partial charge < -0.3 is 0 Å². The molecule has 0 unspecified atom stereocenters. The van der Waals surface area contributed by atoms with Gasteiger partial charge in [-0.2, -0.15) is 0 Å². The molecule has 0 atom stereocenters. The van der Waals surface area contributed by atoms with Crippen molar-refractivity contribution in [3.05, 3.63) is 0 Å². The zero-order valence-corrected chi connectivity index (χ0v) is 6.68. The maximum absolute atomic E-state index is 2.27. The van der Waals surface area contributed by atoms with Crippen LogP contribution in [-0.2, 0) is 18.8 Å². The fourth-order valence-corrected chi connectivity index (χ4v) is 0. The van der Waals surface area contributed by atoms with Crippen LogP contribution in [0.2, 0.25) is 0 Å². The normalized spacial score (nSPS) is 6.50. The van der Waals surface area contributed by atoms with Gasteiger partial charge in [-0.05, 0) is 0 Å². The Labute approximate surface area is 38.1 Å². The van der Waals surface area contributed by atoms with Crippen molar-refractivity contribution in [3.63, 3.8) is 0 Å². The van der Waals surface area contributed by atoms with Gasteiger partial charge in [-0.3, -0.25) is 0 Å². The summed E-state index contributed by atoms with van der Waals surface area (Å²) in [5, 5.41) is 0. The van der Waals surface area contributed by atoms with Crippen LogP contribution in [0, 0.1) is 0 Å². The molecular formula is C2H6PW+. The van der Waals surface area contributed by atoms with Crippen LogP contribution < -0.4 is 0 Å². The zero-order valence-electron chi connectivity index (χ0n) is 2.86. The first kappa shape index (κ1) is 4.99. The molecule has 0 saturated carbocycles. The van der Waals surface area contributed by atoms with Crippen molar-refractivity contribution in [3.8, 4) is 0 Å². The summed E-state index contributed by atoms with van der Waals surface area (Å²) in [5.41, 5.74) is 0.463. The van der Waals surface area contributed by atoms with Gasteiger partial charge in [0.2, 0.25) is 0 Å². The Morgan fingerprint density at radius 2 is 1.50 bits per heavy atom. The van der Waals surface area contributed by atoms with E-state index < -0.39 is 0 Å². The van der Waals surface area contributed by atoms with E-state index in [0.717, 1.165) is 0 Å². The Kier molecular flexibility index (Phi) is 2.79. The summed E-state index contributed by atoms with van der Waals surface area (Å²) in [4.78, 5) is 0.